The summed E-state index contributed by atoms with van der Waals surface area (Å²) in [6.45, 7) is 11.7. The number of hydrogen-bond donors (Lipinski definition) is 3. The van der Waals surface area contributed by atoms with Crippen LogP contribution >= 0.6 is 24.0 Å². The lowest BCUT2D eigenvalue weighted by Gasteiger charge is -2.34. The molecule has 28 heavy (non-hydrogen) atoms. The second-order valence-corrected chi connectivity index (χ2v) is 7.31. The van der Waals surface area contributed by atoms with Crippen molar-refractivity contribution in [1.82, 2.24) is 15.5 Å². The van der Waals surface area contributed by atoms with Gasteiger partial charge in [-0.25, -0.2) is 4.39 Å². The minimum absolute atomic E-state index is 0. The number of halogens is 2. The van der Waals surface area contributed by atoms with Crippen LogP contribution in [0, 0.1) is 11.7 Å². The Labute approximate surface area is 185 Å². The van der Waals surface area contributed by atoms with E-state index in [0.717, 1.165) is 32.8 Å². The van der Waals surface area contributed by atoms with E-state index in [0.29, 0.717) is 24.0 Å². The van der Waals surface area contributed by atoms with Crippen molar-refractivity contribution in [3.63, 3.8) is 0 Å². The summed E-state index contributed by atoms with van der Waals surface area (Å²) in [5, 5.41) is 16.7. The largest absolute Gasteiger partial charge is 0.386 e. The number of ether oxygens (including phenoxy) is 1. The Morgan fingerprint density at radius 3 is 2.68 bits per heavy atom. The van der Waals surface area contributed by atoms with Gasteiger partial charge in [0.05, 0.1) is 25.4 Å². The third-order valence-electron chi connectivity index (χ3n) is 4.36. The molecule has 2 unspecified atom stereocenters. The standard InChI is InChI=1S/C20H33FN4O2.HI/c1-4-22-20(24-12-19(26)16-5-7-17(21)8-6-16)23-11-18-14-25(9-10-27-18)13-15(2)3;/h5-8,15,18-19,26H,4,9-14H2,1-3H3,(H2,22,23,24);1H. The number of nitrogens with zero attached hydrogens (tertiary/aromatic N) is 2. The van der Waals surface area contributed by atoms with Crippen LogP contribution in [0.1, 0.15) is 32.4 Å². The number of aliphatic hydroxyl groups is 1. The molecule has 160 valence electrons. The predicted octanol–water partition coefficient (Wildman–Crippen LogP) is 2.39. The van der Waals surface area contributed by atoms with E-state index < -0.39 is 6.10 Å². The van der Waals surface area contributed by atoms with Crippen molar-refractivity contribution in [2.24, 2.45) is 10.9 Å². The van der Waals surface area contributed by atoms with Crippen LogP contribution in [0.15, 0.2) is 29.3 Å². The topological polar surface area (TPSA) is 69.1 Å². The maximum absolute atomic E-state index is 13.0. The van der Waals surface area contributed by atoms with Crippen LogP contribution in [0.2, 0.25) is 0 Å². The summed E-state index contributed by atoms with van der Waals surface area (Å²) in [7, 11) is 0. The SMILES string of the molecule is CCNC(=NCC(O)c1ccc(F)cc1)NCC1CN(CC(C)C)CCO1.I. The van der Waals surface area contributed by atoms with Gasteiger partial charge in [0.2, 0.25) is 0 Å². The summed E-state index contributed by atoms with van der Waals surface area (Å²) in [5.74, 6) is 0.968. The van der Waals surface area contributed by atoms with E-state index in [1.807, 2.05) is 6.92 Å². The normalized spacial score (nSPS) is 19.2. The molecule has 0 saturated carbocycles. The van der Waals surface area contributed by atoms with Crippen molar-refractivity contribution in [2.75, 3.05) is 45.9 Å². The van der Waals surface area contributed by atoms with Gasteiger partial charge in [-0.1, -0.05) is 26.0 Å². The van der Waals surface area contributed by atoms with E-state index in [2.05, 4.69) is 34.4 Å². The molecule has 2 rings (SSSR count). The minimum Gasteiger partial charge on any atom is -0.386 e. The summed E-state index contributed by atoms with van der Waals surface area (Å²) < 4.78 is 18.8. The molecule has 0 spiro atoms. The van der Waals surface area contributed by atoms with E-state index in [9.17, 15) is 9.50 Å². The van der Waals surface area contributed by atoms with E-state index in [1.165, 1.54) is 12.1 Å². The summed E-state index contributed by atoms with van der Waals surface area (Å²) in [6, 6.07) is 5.84. The molecule has 3 N–H and O–H groups in total. The van der Waals surface area contributed by atoms with Crippen LogP contribution in [-0.4, -0.2) is 67.9 Å². The number of guanidine groups is 1. The smallest absolute Gasteiger partial charge is 0.191 e. The van der Waals surface area contributed by atoms with Gasteiger partial charge in [-0.2, -0.15) is 0 Å². The fourth-order valence-electron chi connectivity index (χ4n) is 3.11. The van der Waals surface area contributed by atoms with Gasteiger partial charge in [0.25, 0.3) is 0 Å². The van der Waals surface area contributed by atoms with E-state index >= 15 is 0 Å². The molecule has 0 aliphatic carbocycles. The van der Waals surface area contributed by atoms with Gasteiger partial charge in [-0.3, -0.25) is 9.89 Å². The van der Waals surface area contributed by atoms with Gasteiger partial charge in [0, 0.05) is 32.7 Å². The Kier molecular flexibility index (Phi) is 11.9. The number of nitrogens with one attached hydrogen (secondary N) is 2. The summed E-state index contributed by atoms with van der Waals surface area (Å²) in [5.41, 5.74) is 0.649. The number of hydrogen-bond acceptors (Lipinski definition) is 4. The Balaban J connectivity index is 0.00000392. The fourth-order valence-corrected chi connectivity index (χ4v) is 3.11. The number of aliphatic imine (C=N–C) groups is 1. The maximum atomic E-state index is 13.0. The number of morpholine rings is 1. The molecule has 1 aromatic rings. The van der Waals surface area contributed by atoms with Gasteiger partial charge < -0.3 is 20.5 Å². The highest BCUT2D eigenvalue weighted by Gasteiger charge is 2.21. The first kappa shape index (κ1) is 25.1. The van der Waals surface area contributed by atoms with Crippen molar-refractivity contribution in [2.45, 2.75) is 33.0 Å². The van der Waals surface area contributed by atoms with Gasteiger partial charge in [-0.15, -0.1) is 24.0 Å². The van der Waals surface area contributed by atoms with Gasteiger partial charge in [-0.05, 0) is 30.5 Å². The molecule has 1 aromatic carbocycles. The number of benzene rings is 1. The number of rotatable bonds is 8. The molecule has 8 heteroatoms. The molecule has 0 amide bonds. The molecule has 1 aliphatic heterocycles. The zero-order valence-electron chi connectivity index (χ0n) is 17.0. The molecule has 0 aromatic heterocycles. The fraction of sp³-hybridized carbons (Fsp3) is 0.650. The Hall–Kier alpha value is -0.970. The molecule has 1 heterocycles. The maximum Gasteiger partial charge on any atom is 0.191 e. The monoisotopic (exact) mass is 508 g/mol. The zero-order chi connectivity index (χ0) is 19.6. The van der Waals surface area contributed by atoms with Crippen LogP contribution in [0.25, 0.3) is 0 Å². The van der Waals surface area contributed by atoms with Crippen LogP contribution in [0.4, 0.5) is 4.39 Å². The van der Waals surface area contributed by atoms with Gasteiger partial charge >= 0.3 is 0 Å². The van der Waals surface area contributed by atoms with Crippen LogP contribution in [-0.2, 0) is 4.74 Å². The lowest BCUT2D eigenvalue weighted by Crippen LogP contribution is -2.50. The highest BCUT2D eigenvalue weighted by atomic mass is 127. The first-order valence-electron chi connectivity index (χ1n) is 9.77. The van der Waals surface area contributed by atoms with Gasteiger partial charge in [0.1, 0.15) is 5.82 Å². The Bertz CT molecular complexity index is 586. The highest BCUT2D eigenvalue weighted by molar-refractivity contribution is 14.0. The molecular weight excluding hydrogens is 474 g/mol. The third kappa shape index (κ3) is 9.02. The second kappa shape index (κ2) is 13.3. The molecule has 0 radical (unpaired) electrons. The van der Waals surface area contributed by atoms with Gasteiger partial charge in [0.15, 0.2) is 5.96 Å². The van der Waals surface area contributed by atoms with Crippen molar-refractivity contribution in [3.8, 4) is 0 Å². The summed E-state index contributed by atoms with van der Waals surface area (Å²) in [4.78, 5) is 6.88. The lowest BCUT2D eigenvalue weighted by molar-refractivity contribution is -0.0284. The average molecular weight is 508 g/mol. The molecular formula is C20H34FIN4O2. The van der Waals surface area contributed by atoms with Crippen molar-refractivity contribution in [1.29, 1.82) is 0 Å². The van der Waals surface area contributed by atoms with E-state index in [-0.39, 0.29) is 42.4 Å². The zero-order valence-corrected chi connectivity index (χ0v) is 19.4. The third-order valence-corrected chi connectivity index (χ3v) is 4.36. The summed E-state index contributed by atoms with van der Waals surface area (Å²) in [6.07, 6.45) is -0.656. The first-order chi connectivity index (χ1) is 13.0. The minimum atomic E-state index is -0.770. The average Bonchev–Trinajstić information content (AvgIpc) is 2.64. The Morgan fingerprint density at radius 1 is 1.32 bits per heavy atom. The molecule has 2 atom stereocenters. The molecule has 6 nitrogen and oxygen atoms in total. The number of aliphatic hydroxyl groups excluding tert-OH is 1. The van der Waals surface area contributed by atoms with Crippen LogP contribution < -0.4 is 10.6 Å². The summed E-state index contributed by atoms with van der Waals surface area (Å²) >= 11 is 0. The van der Waals surface area contributed by atoms with Crippen LogP contribution in [0.3, 0.4) is 0 Å². The molecule has 0 bridgehead atoms. The van der Waals surface area contributed by atoms with Crippen LogP contribution in [0.5, 0.6) is 0 Å². The van der Waals surface area contributed by atoms with Crippen molar-refractivity contribution in [3.05, 3.63) is 35.6 Å². The van der Waals surface area contributed by atoms with Crippen molar-refractivity contribution < 1.29 is 14.2 Å². The van der Waals surface area contributed by atoms with Crippen molar-refractivity contribution >= 4 is 29.9 Å². The quantitative estimate of drug-likeness (QED) is 0.286. The Morgan fingerprint density at radius 2 is 2.04 bits per heavy atom. The molecule has 1 aliphatic rings. The highest BCUT2D eigenvalue weighted by Crippen LogP contribution is 2.13. The first-order valence-corrected chi connectivity index (χ1v) is 9.77. The molecule has 1 saturated heterocycles. The molecule has 1 fully saturated rings. The predicted molar refractivity (Wildman–Crippen MR) is 122 cm³/mol. The van der Waals surface area contributed by atoms with E-state index in [1.54, 1.807) is 12.1 Å². The lowest BCUT2D eigenvalue weighted by atomic mass is 10.1. The second-order valence-electron chi connectivity index (χ2n) is 7.31. The van der Waals surface area contributed by atoms with E-state index in [4.69, 9.17) is 4.74 Å².